The molecule has 1 fully saturated rings. The van der Waals surface area contributed by atoms with Crippen LogP contribution < -0.4 is 4.74 Å². The summed E-state index contributed by atoms with van der Waals surface area (Å²) < 4.78 is 21.8. The molecule has 3 heterocycles. The van der Waals surface area contributed by atoms with Crippen molar-refractivity contribution in [1.82, 2.24) is 19.3 Å². The first-order valence-electron chi connectivity index (χ1n) is 10.8. The van der Waals surface area contributed by atoms with Gasteiger partial charge in [-0.15, -0.1) is 0 Å². The van der Waals surface area contributed by atoms with E-state index in [9.17, 15) is 9.18 Å². The molecule has 1 amide bonds. The van der Waals surface area contributed by atoms with Crippen molar-refractivity contribution in [3.63, 3.8) is 0 Å². The summed E-state index contributed by atoms with van der Waals surface area (Å²) in [6.07, 6.45) is 7.02. The van der Waals surface area contributed by atoms with Crippen LogP contribution in [0.4, 0.5) is 4.39 Å². The van der Waals surface area contributed by atoms with Gasteiger partial charge in [-0.25, -0.2) is 9.37 Å². The van der Waals surface area contributed by atoms with Crippen molar-refractivity contribution in [2.75, 3.05) is 6.54 Å². The van der Waals surface area contributed by atoms with Crippen molar-refractivity contribution in [1.29, 1.82) is 0 Å². The van der Waals surface area contributed by atoms with Gasteiger partial charge in [-0.05, 0) is 62.1 Å². The van der Waals surface area contributed by atoms with Crippen LogP contribution in [0, 0.1) is 17.7 Å². The Morgan fingerprint density at radius 2 is 2.06 bits per heavy atom. The van der Waals surface area contributed by atoms with Gasteiger partial charge < -0.3 is 9.64 Å². The molecule has 4 aromatic rings. The molecule has 34 heavy (non-hydrogen) atoms. The smallest absolute Gasteiger partial charge is 0.299 e. The fraction of sp³-hybridized carbons (Fsp3) is 0.192. The monoisotopic (exact) mass is 474 g/mol. The second kappa shape index (κ2) is 9.16. The van der Waals surface area contributed by atoms with E-state index in [1.807, 2.05) is 22.7 Å². The summed E-state index contributed by atoms with van der Waals surface area (Å²) >= 11 is 5.84. The third-order valence-electron chi connectivity index (χ3n) is 5.79. The number of ether oxygens (including phenoxy) is 1. The number of hydrogen-bond acceptors (Lipinski definition) is 4. The molecule has 0 spiro atoms. The summed E-state index contributed by atoms with van der Waals surface area (Å²) in [4.78, 5) is 23.5. The summed E-state index contributed by atoms with van der Waals surface area (Å²) in [6.45, 7) is 2.31. The third kappa shape index (κ3) is 3.97. The van der Waals surface area contributed by atoms with Crippen molar-refractivity contribution >= 4 is 23.0 Å². The van der Waals surface area contributed by atoms with Crippen LogP contribution in [0.15, 0.2) is 61.1 Å². The van der Waals surface area contributed by atoms with Crippen LogP contribution in [0.25, 0.3) is 16.8 Å². The highest BCUT2D eigenvalue weighted by Gasteiger charge is 2.33. The minimum absolute atomic E-state index is 0.00276. The quantitative estimate of drug-likeness (QED) is 0.358. The SMILES string of the molecule is CC#CC(=O)N1CCC[C@H]1c1nc(-c2ccc(Oc3cccc(Cl)c3F)cc2)c2cnccn12. The molecule has 2 aromatic carbocycles. The maximum absolute atomic E-state index is 14.2. The average molecular weight is 475 g/mol. The Balaban J connectivity index is 1.49. The third-order valence-corrected chi connectivity index (χ3v) is 6.08. The first-order chi connectivity index (χ1) is 16.6. The molecule has 0 radical (unpaired) electrons. The fourth-order valence-corrected chi connectivity index (χ4v) is 4.40. The van der Waals surface area contributed by atoms with Crippen LogP contribution in [-0.4, -0.2) is 31.7 Å². The lowest BCUT2D eigenvalue weighted by atomic mass is 10.1. The Hall–Kier alpha value is -3.89. The number of aromatic nitrogens is 3. The number of benzene rings is 2. The highest BCUT2D eigenvalue weighted by atomic mass is 35.5. The number of amides is 1. The molecular weight excluding hydrogens is 455 g/mol. The van der Waals surface area contributed by atoms with E-state index in [1.165, 1.54) is 12.1 Å². The van der Waals surface area contributed by atoms with Crippen molar-refractivity contribution in [2.45, 2.75) is 25.8 Å². The number of halogens is 2. The van der Waals surface area contributed by atoms with Crippen molar-refractivity contribution in [2.24, 2.45) is 0 Å². The van der Waals surface area contributed by atoms with Crippen LogP contribution in [-0.2, 0) is 4.79 Å². The lowest BCUT2D eigenvalue weighted by molar-refractivity contribution is -0.126. The average Bonchev–Trinajstić information content (AvgIpc) is 3.48. The zero-order chi connectivity index (χ0) is 23.7. The van der Waals surface area contributed by atoms with E-state index in [0.29, 0.717) is 12.3 Å². The molecule has 0 N–H and O–H groups in total. The van der Waals surface area contributed by atoms with Crippen molar-refractivity contribution < 1.29 is 13.9 Å². The predicted molar refractivity (Wildman–Crippen MR) is 127 cm³/mol. The van der Waals surface area contributed by atoms with Crippen molar-refractivity contribution in [3.05, 3.63) is 77.7 Å². The zero-order valence-corrected chi connectivity index (χ0v) is 19.1. The molecule has 1 atom stereocenters. The van der Waals surface area contributed by atoms with Gasteiger partial charge in [0.25, 0.3) is 5.91 Å². The van der Waals surface area contributed by atoms with Gasteiger partial charge in [-0.1, -0.05) is 23.6 Å². The molecule has 0 aliphatic carbocycles. The Labute approximate surface area is 201 Å². The summed E-state index contributed by atoms with van der Waals surface area (Å²) in [5, 5.41) is 0.00276. The molecule has 6 nitrogen and oxygen atoms in total. The van der Waals surface area contributed by atoms with Gasteiger partial charge in [0.2, 0.25) is 0 Å². The molecule has 0 bridgehead atoms. The number of nitrogens with zero attached hydrogens (tertiary/aromatic N) is 4. The Kier molecular flexibility index (Phi) is 5.91. The molecule has 1 aliphatic rings. The van der Waals surface area contributed by atoms with Crippen molar-refractivity contribution in [3.8, 4) is 34.6 Å². The highest BCUT2D eigenvalue weighted by Crippen LogP contribution is 2.36. The lowest BCUT2D eigenvalue weighted by Crippen LogP contribution is -2.30. The molecule has 1 saturated heterocycles. The maximum atomic E-state index is 14.2. The topological polar surface area (TPSA) is 59.7 Å². The van der Waals surface area contributed by atoms with Gasteiger partial charge >= 0.3 is 0 Å². The van der Waals surface area contributed by atoms with Gasteiger partial charge in [-0.3, -0.25) is 14.2 Å². The van der Waals surface area contributed by atoms with Crippen LogP contribution >= 0.6 is 11.6 Å². The Morgan fingerprint density at radius 1 is 1.24 bits per heavy atom. The first-order valence-corrected chi connectivity index (χ1v) is 11.2. The molecule has 5 rings (SSSR count). The highest BCUT2D eigenvalue weighted by molar-refractivity contribution is 6.30. The summed E-state index contributed by atoms with van der Waals surface area (Å²) in [6, 6.07) is 11.7. The molecule has 0 saturated carbocycles. The van der Waals surface area contributed by atoms with E-state index in [1.54, 1.807) is 42.4 Å². The van der Waals surface area contributed by atoms with Crippen LogP contribution in [0.3, 0.4) is 0 Å². The van der Waals surface area contributed by atoms with E-state index >= 15 is 0 Å². The van der Waals surface area contributed by atoms with Crippen LogP contribution in [0.1, 0.15) is 31.6 Å². The molecule has 170 valence electrons. The van der Waals surface area contributed by atoms with Gasteiger partial charge in [0.15, 0.2) is 11.6 Å². The molecule has 1 aliphatic heterocycles. The van der Waals surface area contributed by atoms with Gasteiger partial charge in [0, 0.05) is 24.5 Å². The van der Waals surface area contributed by atoms with Gasteiger partial charge in [0.05, 0.1) is 28.5 Å². The number of carbonyl (C=O) groups is 1. The van der Waals surface area contributed by atoms with Gasteiger partial charge in [0.1, 0.15) is 11.6 Å². The Morgan fingerprint density at radius 3 is 2.85 bits per heavy atom. The van der Waals surface area contributed by atoms with E-state index in [-0.39, 0.29) is 22.7 Å². The number of carbonyl (C=O) groups excluding carboxylic acids is 1. The predicted octanol–water partition coefficient (Wildman–Crippen LogP) is 5.67. The number of likely N-dealkylation sites (tertiary alicyclic amines) is 1. The summed E-state index contributed by atoms with van der Waals surface area (Å²) in [5.41, 5.74) is 2.41. The van der Waals surface area contributed by atoms with E-state index in [0.717, 1.165) is 35.4 Å². The first kappa shape index (κ1) is 21.9. The molecule has 2 aromatic heterocycles. The fourth-order valence-electron chi connectivity index (χ4n) is 4.24. The maximum Gasteiger partial charge on any atom is 0.299 e. The minimum atomic E-state index is -0.604. The number of fused-ring (bicyclic) bond motifs is 1. The summed E-state index contributed by atoms with van der Waals surface area (Å²) in [5.74, 6) is 5.85. The van der Waals surface area contributed by atoms with E-state index in [4.69, 9.17) is 21.3 Å². The normalized spacial score (nSPS) is 15.3. The Bertz CT molecular complexity index is 1440. The van der Waals surface area contributed by atoms with Crippen LogP contribution in [0.5, 0.6) is 11.5 Å². The second-order valence-electron chi connectivity index (χ2n) is 7.86. The second-order valence-corrected chi connectivity index (χ2v) is 8.27. The number of hydrogen-bond donors (Lipinski definition) is 0. The zero-order valence-electron chi connectivity index (χ0n) is 18.3. The molecule has 8 heteroatoms. The van der Waals surface area contributed by atoms with E-state index < -0.39 is 5.82 Å². The molecule has 0 unspecified atom stereocenters. The van der Waals surface area contributed by atoms with Gasteiger partial charge in [-0.2, -0.15) is 0 Å². The largest absolute Gasteiger partial charge is 0.454 e. The minimum Gasteiger partial charge on any atom is -0.454 e. The van der Waals surface area contributed by atoms with Crippen LogP contribution in [0.2, 0.25) is 5.02 Å². The van der Waals surface area contributed by atoms with E-state index in [2.05, 4.69) is 16.8 Å². The summed E-state index contributed by atoms with van der Waals surface area (Å²) in [7, 11) is 0. The number of imidazole rings is 1. The standard InChI is InChI=1S/C26H20ClFN4O2/c1-2-5-23(33)31-14-4-7-20(31)26-30-25(21-16-29-13-15-32(21)26)17-9-11-18(12-10-17)34-22-8-3-6-19(27)24(22)28/h3,6,8-13,15-16,20H,4,7,14H2,1H3/t20-/m0/s1. The lowest BCUT2D eigenvalue weighted by Gasteiger charge is -2.21. The molecular formula is C26H20ClFN4O2. The number of rotatable bonds is 4.